The molecule has 1 saturated heterocycles. The van der Waals surface area contributed by atoms with Crippen LogP contribution in [0.2, 0.25) is 0 Å². The highest BCUT2D eigenvalue weighted by Gasteiger charge is 2.40. The van der Waals surface area contributed by atoms with Gasteiger partial charge in [0.15, 0.2) is 5.78 Å². The third kappa shape index (κ3) is 35.3. The van der Waals surface area contributed by atoms with Crippen molar-refractivity contribution in [3.63, 3.8) is 0 Å². The molecular formula is C90H117N17O21S. The van der Waals surface area contributed by atoms with E-state index in [1.54, 1.807) is 38.1 Å². The molecular weight excluding hydrogens is 1690 g/mol. The lowest BCUT2D eigenvalue weighted by molar-refractivity contribution is -0.143. The number of carboxylic acids is 3. The number of imidazole rings is 1. The van der Waals surface area contributed by atoms with Crippen LogP contribution in [0.25, 0.3) is 11.1 Å². The maximum absolute atomic E-state index is 15.3. The number of nitrogens with zero attached hydrogens (tertiary/aromatic N) is 2. The fraction of sp³-hybridized carbons (Fsp3) is 0.456. The van der Waals surface area contributed by atoms with Crippen molar-refractivity contribution in [3.8, 4) is 16.9 Å². The van der Waals surface area contributed by atoms with Gasteiger partial charge in [0.2, 0.25) is 76.8 Å². The summed E-state index contributed by atoms with van der Waals surface area (Å²) in [7, 11) is 0. The summed E-state index contributed by atoms with van der Waals surface area (Å²) in [6.45, 7) is 9.60. The number of thioether (sulfide) groups is 1. The number of aryl methyl sites for hydroxylation is 1. The van der Waals surface area contributed by atoms with Crippen molar-refractivity contribution in [2.24, 2.45) is 23.5 Å². The van der Waals surface area contributed by atoms with Gasteiger partial charge < -0.3 is 101 Å². The first-order chi connectivity index (χ1) is 61.4. The number of carbonyl (C=O) groups excluding carboxylic acids is 14. The third-order valence-corrected chi connectivity index (χ3v) is 22.2. The number of Topliss-reactive ketones (excluding diaryl/α,β-unsaturated/α-hetero) is 1. The number of carbonyl (C=O) groups is 17. The summed E-state index contributed by atoms with van der Waals surface area (Å²) in [4.78, 5) is 254. The molecule has 21 N–H and O–H groups in total. The number of aliphatic carboxylic acids is 3. The number of nitrogens with one attached hydrogen (secondary N) is 13. The highest BCUT2D eigenvalue weighted by Crippen LogP contribution is 2.23. The van der Waals surface area contributed by atoms with Gasteiger partial charge in [0, 0.05) is 56.7 Å². The minimum Gasteiger partial charge on any atom is -0.508 e. The van der Waals surface area contributed by atoms with E-state index in [9.17, 15) is 78.0 Å². The Hall–Kier alpha value is -13.6. The SMILES string of the molecule is CCCCC[C@@H]1NC(=O)[C@H](Cc2ccnc(N)c2)NC(=O)[C@H](C)NC(=O)CSC[C@@H](C(N)=O)NC(=O)[C@H](CC(=O)O)NC(=O)[C@H](CCCCc2ccccc2)NC(=O)[C@H](Cc2ccc(-c3ccccc3)cc2)NC(=O)[C@H](CC(C)C)NC(=O)[C@H](C(C)C)NC(=O)[C@H](CCC(=O)O)NC(=O)[C@H](CC(=O)O)CC(=O)[C@H](Cc2c[nH]cn2)NC(=O)[C@H](Cc2ccc(O)cc2)NC1=O. The molecule has 0 radical (unpaired) electrons. The Morgan fingerprint density at radius 2 is 0.961 bits per heavy atom. The first kappa shape index (κ1) is 102. The van der Waals surface area contributed by atoms with Gasteiger partial charge in [0.25, 0.3) is 0 Å². The van der Waals surface area contributed by atoms with Crippen LogP contribution in [0.1, 0.15) is 153 Å². The molecule has 1 fully saturated rings. The number of hydrogen-bond donors (Lipinski definition) is 19. The Morgan fingerprint density at radius 3 is 1.50 bits per heavy atom. The molecule has 7 rings (SSSR count). The van der Waals surface area contributed by atoms with Gasteiger partial charge in [-0.3, -0.25) is 81.5 Å². The largest absolute Gasteiger partial charge is 0.508 e. The number of phenols is 1. The lowest BCUT2D eigenvalue weighted by Gasteiger charge is -2.29. The van der Waals surface area contributed by atoms with Crippen LogP contribution in [0.3, 0.4) is 0 Å². The number of aromatic hydroxyl groups is 1. The normalized spacial score (nSPS) is 22.7. The second-order valence-corrected chi connectivity index (χ2v) is 33.6. The summed E-state index contributed by atoms with van der Waals surface area (Å²) in [5.41, 5.74) is 15.7. The van der Waals surface area contributed by atoms with Gasteiger partial charge in [-0.25, -0.2) is 9.97 Å². The van der Waals surface area contributed by atoms with Crippen LogP contribution in [0.15, 0.2) is 140 Å². The van der Waals surface area contributed by atoms with E-state index in [0.717, 1.165) is 28.5 Å². The van der Waals surface area contributed by atoms with Crippen LogP contribution >= 0.6 is 11.8 Å². The molecule has 13 amide bonds. The van der Waals surface area contributed by atoms with Gasteiger partial charge >= 0.3 is 17.9 Å². The molecule has 0 unspecified atom stereocenters. The second-order valence-electron chi connectivity index (χ2n) is 32.6. The quantitative estimate of drug-likeness (QED) is 0.0299. The third-order valence-electron chi connectivity index (χ3n) is 21.2. The van der Waals surface area contributed by atoms with E-state index in [0.29, 0.717) is 48.8 Å². The van der Waals surface area contributed by atoms with Gasteiger partial charge in [-0.05, 0) is 115 Å². The van der Waals surface area contributed by atoms with Gasteiger partial charge in [-0.1, -0.05) is 157 Å². The Bertz CT molecular complexity index is 4840. The lowest BCUT2D eigenvalue weighted by Crippen LogP contribution is -2.61. The van der Waals surface area contributed by atoms with E-state index >= 15 is 24.0 Å². The summed E-state index contributed by atoms with van der Waals surface area (Å²) < 4.78 is 0. The number of rotatable bonds is 29. The van der Waals surface area contributed by atoms with Gasteiger partial charge in [0.1, 0.15) is 78.0 Å². The number of unbranched alkanes of at least 4 members (excludes halogenated alkanes) is 3. The molecule has 0 bridgehead atoms. The molecule has 6 aromatic rings. The van der Waals surface area contributed by atoms with Crippen LogP contribution < -0.4 is 75.3 Å². The van der Waals surface area contributed by atoms with Crippen LogP contribution in [0.5, 0.6) is 5.75 Å². The van der Waals surface area contributed by atoms with Crippen molar-refractivity contribution >= 4 is 118 Å². The zero-order chi connectivity index (χ0) is 94.4. The van der Waals surface area contributed by atoms with E-state index in [1.165, 1.54) is 75.9 Å². The minimum absolute atomic E-state index is 0.0250. The standard InChI is InChI=1S/C90H117N17O21S/c1-7-8-11-23-62-82(120)102-68(39-55-27-31-61(108)32-28-55)88(126)100-65(44-60-46-93-49-95-60)72(109)42-59(43-76(113)114)81(119)97-64(33-34-75(111)112)84(122)107-78(51(4)5)90(128)105-66(37-50(2)3)85(123)103-67(38-54-25-29-58(30-26-54)57-21-14-10-15-22-57)86(124)99-63(24-17-16-20-53-18-12-9-13-19-53)83(121)104-70(45-77(115)116)89(127)106-71(79(92)117)47-129-48-74(110)96-52(6)80(118)101-69(87(125)98-62)40-56-35-36-94-73(91)41-56/h9-10,12-15,18-19,21-22,25-32,35-36,41,46,49-52,59,62-71,78,108H,7-8,11,16-17,20,23-24,33-34,37-40,42-45,47-48H2,1-6H3,(H2,91,94)(H2,92,117)(H,93,95)(H,96,110)(H,97,119)(H,98,125)(H,99,124)(H,100,126)(H,101,118)(H,102,120)(H,103,123)(H,104,121)(H,105,128)(H,106,127)(H,107,122)(H,111,112)(H,113,114)(H,115,116)/t52-,59-,62-,63-,64-,65-,66-,67-,68-,69-,70-,71-,78-/m0/s1. The van der Waals surface area contributed by atoms with Crippen molar-refractivity contribution in [2.45, 2.75) is 230 Å². The lowest BCUT2D eigenvalue weighted by atomic mass is 9.92. The maximum atomic E-state index is 15.3. The zero-order valence-corrected chi connectivity index (χ0v) is 73.6. The Balaban J connectivity index is 1.30. The molecule has 0 aliphatic carbocycles. The number of nitrogens with two attached hydrogens (primary N) is 2. The number of primary amides is 1. The Morgan fingerprint density at radius 1 is 0.473 bits per heavy atom. The van der Waals surface area contributed by atoms with Crippen LogP contribution in [0, 0.1) is 17.8 Å². The summed E-state index contributed by atoms with van der Waals surface area (Å²) in [6, 6.07) is 14.1. The Kier molecular flexibility index (Phi) is 41.2. The highest BCUT2D eigenvalue weighted by atomic mass is 32.2. The summed E-state index contributed by atoms with van der Waals surface area (Å²) >= 11 is 0.736. The van der Waals surface area contributed by atoms with Gasteiger partial charge in [-0.15, -0.1) is 11.8 Å². The predicted octanol–water partition coefficient (Wildman–Crippen LogP) is 2.18. The van der Waals surface area contributed by atoms with E-state index in [4.69, 9.17) is 11.5 Å². The number of ketones is 1. The first-order valence-corrected chi connectivity index (χ1v) is 43.9. The zero-order valence-electron chi connectivity index (χ0n) is 72.8. The van der Waals surface area contributed by atoms with Gasteiger partial charge in [-0.2, -0.15) is 0 Å². The average molecular weight is 1810 g/mol. The van der Waals surface area contributed by atoms with Crippen molar-refractivity contribution in [1.29, 1.82) is 0 Å². The molecule has 2 aromatic heterocycles. The van der Waals surface area contributed by atoms with Crippen molar-refractivity contribution in [3.05, 3.63) is 168 Å². The van der Waals surface area contributed by atoms with E-state index in [1.807, 2.05) is 67.6 Å². The van der Waals surface area contributed by atoms with Crippen LogP contribution in [-0.2, 0) is 114 Å². The molecule has 0 saturated carbocycles. The molecule has 13 atom stereocenters. The molecule has 3 heterocycles. The summed E-state index contributed by atoms with van der Waals surface area (Å²) in [5.74, 6) is -23.6. The molecule has 39 heteroatoms. The van der Waals surface area contributed by atoms with Crippen LogP contribution in [-0.4, -0.2) is 220 Å². The number of hydrogen-bond acceptors (Lipinski definition) is 22. The molecule has 0 spiro atoms. The van der Waals surface area contributed by atoms with Crippen molar-refractivity contribution in [2.75, 3.05) is 17.2 Å². The first-order valence-electron chi connectivity index (χ1n) is 42.7. The van der Waals surface area contributed by atoms with Gasteiger partial charge in [0.05, 0.1) is 42.6 Å². The highest BCUT2D eigenvalue weighted by molar-refractivity contribution is 8.00. The monoisotopic (exact) mass is 1800 g/mol. The molecule has 129 heavy (non-hydrogen) atoms. The average Bonchev–Trinajstić information content (AvgIpc) is 1.84. The predicted molar refractivity (Wildman–Crippen MR) is 474 cm³/mol. The van der Waals surface area contributed by atoms with Crippen molar-refractivity contribution < 1.29 is 102 Å². The van der Waals surface area contributed by atoms with E-state index in [-0.39, 0.29) is 62.2 Å². The minimum atomic E-state index is -1.98. The number of amides is 13. The number of anilines is 1. The van der Waals surface area contributed by atoms with Crippen LogP contribution in [0.4, 0.5) is 5.82 Å². The molecule has 694 valence electrons. The number of aromatic nitrogens is 3. The number of phenolic OH excluding ortho intramolecular Hbond substituents is 1. The van der Waals surface area contributed by atoms with E-state index in [2.05, 4.69) is 78.8 Å². The number of aromatic amines is 1. The summed E-state index contributed by atoms with van der Waals surface area (Å²) in [6.07, 6.45) is 0.132. The molecule has 4 aromatic carbocycles. The fourth-order valence-corrected chi connectivity index (χ4v) is 15.1. The Labute approximate surface area is 750 Å². The molecule has 1 aliphatic rings. The number of pyridine rings is 1. The number of nitrogen functional groups attached to an aromatic ring is 1. The maximum Gasteiger partial charge on any atom is 0.305 e. The summed E-state index contributed by atoms with van der Waals surface area (Å²) in [5, 5.41) is 71.9. The smallest absolute Gasteiger partial charge is 0.305 e. The fourth-order valence-electron chi connectivity index (χ4n) is 14.2. The second kappa shape index (κ2) is 51.9. The molecule has 1 aliphatic heterocycles. The topological polar surface area (TPSA) is 609 Å². The van der Waals surface area contributed by atoms with Crippen molar-refractivity contribution in [1.82, 2.24) is 78.8 Å². The molecule has 38 nitrogen and oxygen atoms in total. The number of carboxylic acid groups (broad SMARTS) is 3. The number of benzene rings is 4. The van der Waals surface area contributed by atoms with E-state index < -0.39 is 241 Å². The number of H-pyrrole nitrogens is 1.